The fourth-order valence-corrected chi connectivity index (χ4v) is 4.41. The van der Waals surface area contributed by atoms with Crippen LogP contribution in [0.2, 0.25) is 9.36 Å². The van der Waals surface area contributed by atoms with Gasteiger partial charge in [-0.3, -0.25) is 4.72 Å². The second kappa shape index (κ2) is 5.62. The number of thiophene rings is 1. The molecule has 1 heterocycles. The van der Waals surface area contributed by atoms with Gasteiger partial charge in [-0.15, -0.1) is 11.3 Å². The summed E-state index contributed by atoms with van der Waals surface area (Å²) in [5, 5.41) is 9.31. The SMILES string of the molecule is Cc1cc(S(=O)(=O)Nc2cc(Cl)ccc2C#N)sc1Cl. The lowest BCUT2D eigenvalue weighted by molar-refractivity contribution is 0.603. The minimum atomic E-state index is -3.79. The molecule has 0 aliphatic carbocycles. The zero-order chi connectivity index (χ0) is 14.9. The first-order chi connectivity index (χ1) is 9.33. The average Bonchev–Trinajstić information content (AvgIpc) is 2.70. The quantitative estimate of drug-likeness (QED) is 0.911. The Morgan fingerprint density at radius 1 is 1.30 bits per heavy atom. The van der Waals surface area contributed by atoms with E-state index >= 15 is 0 Å². The van der Waals surface area contributed by atoms with Crippen molar-refractivity contribution in [2.45, 2.75) is 11.1 Å². The van der Waals surface area contributed by atoms with Crippen LogP contribution in [-0.4, -0.2) is 8.42 Å². The van der Waals surface area contributed by atoms with Gasteiger partial charge in [0.2, 0.25) is 0 Å². The Balaban J connectivity index is 2.43. The lowest BCUT2D eigenvalue weighted by Gasteiger charge is -2.08. The number of hydrogen-bond acceptors (Lipinski definition) is 4. The van der Waals surface area contributed by atoms with Crippen LogP contribution in [0.5, 0.6) is 0 Å². The zero-order valence-electron chi connectivity index (χ0n) is 10.1. The zero-order valence-corrected chi connectivity index (χ0v) is 13.3. The number of halogens is 2. The van der Waals surface area contributed by atoms with Gasteiger partial charge in [0.05, 0.1) is 15.6 Å². The van der Waals surface area contributed by atoms with Gasteiger partial charge in [-0.1, -0.05) is 23.2 Å². The molecule has 1 aromatic heterocycles. The Hall–Kier alpha value is -1.26. The van der Waals surface area contributed by atoms with Gasteiger partial charge in [0, 0.05) is 5.02 Å². The van der Waals surface area contributed by atoms with E-state index in [2.05, 4.69) is 4.72 Å². The van der Waals surface area contributed by atoms with Crippen molar-refractivity contribution in [1.82, 2.24) is 0 Å². The third-order valence-electron chi connectivity index (χ3n) is 2.45. The van der Waals surface area contributed by atoms with Crippen molar-refractivity contribution < 1.29 is 8.42 Å². The maximum Gasteiger partial charge on any atom is 0.271 e. The molecule has 0 saturated carbocycles. The lowest BCUT2D eigenvalue weighted by Crippen LogP contribution is -2.12. The van der Waals surface area contributed by atoms with Crippen LogP contribution in [0.1, 0.15) is 11.1 Å². The van der Waals surface area contributed by atoms with Crippen LogP contribution in [0.15, 0.2) is 28.5 Å². The first-order valence-corrected chi connectivity index (χ1v) is 8.37. The minimum absolute atomic E-state index is 0.0869. The van der Waals surface area contributed by atoms with Gasteiger partial charge in [0.25, 0.3) is 10.0 Å². The molecule has 0 radical (unpaired) electrons. The molecular weight excluding hydrogens is 339 g/mol. The van der Waals surface area contributed by atoms with E-state index in [9.17, 15) is 8.42 Å². The number of nitrogens with zero attached hydrogens (tertiary/aromatic N) is 1. The van der Waals surface area contributed by atoms with Crippen LogP contribution in [0.25, 0.3) is 0 Å². The number of aryl methyl sites for hydroxylation is 1. The van der Waals surface area contributed by atoms with Crippen molar-refractivity contribution >= 4 is 50.2 Å². The number of nitrogens with one attached hydrogen (secondary N) is 1. The van der Waals surface area contributed by atoms with Crippen LogP contribution < -0.4 is 4.72 Å². The Morgan fingerprint density at radius 3 is 2.55 bits per heavy atom. The van der Waals surface area contributed by atoms with E-state index in [1.54, 1.807) is 6.92 Å². The van der Waals surface area contributed by atoms with Crippen LogP contribution in [0.3, 0.4) is 0 Å². The first-order valence-electron chi connectivity index (χ1n) is 5.32. The van der Waals surface area contributed by atoms with Crippen molar-refractivity contribution in [3.8, 4) is 6.07 Å². The molecule has 1 N–H and O–H groups in total. The highest BCUT2D eigenvalue weighted by Crippen LogP contribution is 2.32. The first kappa shape index (κ1) is 15.1. The second-order valence-electron chi connectivity index (χ2n) is 3.93. The van der Waals surface area contributed by atoms with Crippen LogP contribution >= 0.6 is 34.5 Å². The highest BCUT2D eigenvalue weighted by molar-refractivity contribution is 7.94. The van der Waals surface area contributed by atoms with Gasteiger partial charge < -0.3 is 0 Å². The summed E-state index contributed by atoms with van der Waals surface area (Å²) in [6, 6.07) is 7.74. The van der Waals surface area contributed by atoms with Gasteiger partial charge in [-0.05, 0) is 36.8 Å². The molecule has 0 aliphatic heterocycles. The molecule has 104 valence electrons. The molecule has 0 aliphatic rings. The summed E-state index contributed by atoms with van der Waals surface area (Å²) >= 11 is 12.6. The fourth-order valence-electron chi connectivity index (χ4n) is 1.46. The number of nitriles is 1. The van der Waals surface area contributed by atoms with Crippen molar-refractivity contribution in [3.63, 3.8) is 0 Å². The Labute approximate surface area is 130 Å². The summed E-state index contributed by atoms with van der Waals surface area (Å²) < 4.78 is 27.3. The van der Waals surface area contributed by atoms with E-state index < -0.39 is 10.0 Å². The molecule has 2 rings (SSSR count). The highest BCUT2D eigenvalue weighted by Gasteiger charge is 2.20. The van der Waals surface area contributed by atoms with Gasteiger partial charge in [0.15, 0.2) is 0 Å². The van der Waals surface area contributed by atoms with E-state index in [1.807, 2.05) is 6.07 Å². The molecule has 0 atom stereocenters. The number of benzene rings is 1. The summed E-state index contributed by atoms with van der Waals surface area (Å²) in [5.41, 5.74) is 1.02. The number of sulfonamides is 1. The second-order valence-corrected chi connectivity index (χ2v) is 7.93. The summed E-state index contributed by atoms with van der Waals surface area (Å²) in [4.78, 5) is 0. The number of hydrogen-bond donors (Lipinski definition) is 1. The number of rotatable bonds is 3. The van der Waals surface area contributed by atoms with E-state index in [-0.39, 0.29) is 15.5 Å². The predicted molar refractivity (Wildman–Crippen MR) is 81.0 cm³/mol. The van der Waals surface area contributed by atoms with E-state index in [0.29, 0.717) is 14.9 Å². The van der Waals surface area contributed by atoms with E-state index in [4.69, 9.17) is 28.5 Å². The summed E-state index contributed by atoms with van der Waals surface area (Å²) in [6.07, 6.45) is 0. The average molecular weight is 347 g/mol. The summed E-state index contributed by atoms with van der Waals surface area (Å²) in [6.45, 7) is 1.72. The van der Waals surface area contributed by atoms with Crippen molar-refractivity contribution in [1.29, 1.82) is 5.26 Å². The largest absolute Gasteiger partial charge is 0.278 e. The fraction of sp³-hybridized carbons (Fsp3) is 0.0833. The van der Waals surface area contributed by atoms with Crippen molar-refractivity contribution in [3.05, 3.63) is 44.8 Å². The number of anilines is 1. The van der Waals surface area contributed by atoms with Crippen molar-refractivity contribution in [2.24, 2.45) is 0 Å². The third kappa shape index (κ3) is 3.07. The maximum absolute atomic E-state index is 12.2. The highest BCUT2D eigenvalue weighted by atomic mass is 35.5. The Kier molecular flexibility index (Phi) is 4.25. The molecule has 2 aromatic rings. The molecule has 0 unspecified atom stereocenters. The van der Waals surface area contributed by atoms with Gasteiger partial charge in [-0.25, -0.2) is 8.42 Å². The van der Waals surface area contributed by atoms with Gasteiger partial charge in [-0.2, -0.15) is 5.26 Å². The van der Waals surface area contributed by atoms with E-state index in [1.165, 1.54) is 24.3 Å². The van der Waals surface area contributed by atoms with Crippen LogP contribution in [0.4, 0.5) is 5.69 Å². The molecule has 8 heteroatoms. The monoisotopic (exact) mass is 346 g/mol. The van der Waals surface area contributed by atoms with E-state index in [0.717, 1.165) is 11.3 Å². The molecule has 0 saturated heterocycles. The molecular formula is C12H8Cl2N2O2S2. The van der Waals surface area contributed by atoms with Crippen LogP contribution in [-0.2, 0) is 10.0 Å². The molecule has 0 fully saturated rings. The normalized spacial score (nSPS) is 11.1. The molecule has 20 heavy (non-hydrogen) atoms. The molecule has 1 aromatic carbocycles. The topological polar surface area (TPSA) is 70.0 Å². The van der Waals surface area contributed by atoms with Crippen LogP contribution in [0, 0.1) is 18.3 Å². The van der Waals surface area contributed by atoms with Gasteiger partial charge >= 0.3 is 0 Å². The molecule has 0 spiro atoms. The molecule has 0 bridgehead atoms. The summed E-state index contributed by atoms with van der Waals surface area (Å²) in [7, 11) is -3.79. The Bertz CT molecular complexity index is 788. The molecule has 4 nitrogen and oxygen atoms in total. The molecule has 0 amide bonds. The predicted octanol–water partition coefficient (Wildman–Crippen LogP) is 4.04. The van der Waals surface area contributed by atoms with Gasteiger partial charge in [0.1, 0.15) is 10.3 Å². The lowest BCUT2D eigenvalue weighted by atomic mass is 10.2. The Morgan fingerprint density at radius 2 is 2.00 bits per heavy atom. The third-order valence-corrected chi connectivity index (χ3v) is 6.08. The standard InChI is InChI=1S/C12H8Cl2N2O2S2/c1-7-4-11(19-12(7)14)20(17,18)16-10-5-9(13)3-2-8(10)6-15/h2-5,16H,1H3. The summed E-state index contributed by atoms with van der Waals surface area (Å²) in [5.74, 6) is 0. The smallest absolute Gasteiger partial charge is 0.271 e. The van der Waals surface area contributed by atoms with Crippen molar-refractivity contribution in [2.75, 3.05) is 4.72 Å². The minimum Gasteiger partial charge on any atom is -0.278 e. The maximum atomic E-state index is 12.2.